The molecule has 0 saturated heterocycles. The van der Waals surface area contributed by atoms with Crippen LogP contribution in [0.2, 0.25) is 0 Å². The molecule has 0 unspecified atom stereocenters. The quantitative estimate of drug-likeness (QED) is 0.267. The average molecular weight is 678 g/mol. The Morgan fingerprint density at radius 1 is 0.789 bits per heavy atom. The van der Waals surface area contributed by atoms with Crippen molar-refractivity contribution in [1.82, 2.24) is 25.3 Å². The van der Waals surface area contributed by atoms with E-state index in [4.69, 9.17) is 0 Å². The van der Waals surface area contributed by atoms with Gasteiger partial charge in [0.25, 0.3) is 0 Å². The molecular weight excluding hydrogens is 649 g/mol. The Labute approximate surface area is 238 Å². The van der Waals surface area contributed by atoms with Crippen LogP contribution in [-0.4, -0.2) is 32.3 Å². The zero-order chi connectivity index (χ0) is 25.2. The first kappa shape index (κ1) is 26.2. The molecule has 0 saturated carbocycles. The maximum Gasteiger partial charge on any atom is 3.00 e. The van der Waals surface area contributed by atoms with Gasteiger partial charge in [0.2, 0.25) is 5.82 Å². The summed E-state index contributed by atoms with van der Waals surface area (Å²) >= 11 is 0. The average Bonchev–Trinajstić information content (AvgIpc) is 3.70. The Balaban J connectivity index is 0.000000179. The second-order valence-corrected chi connectivity index (χ2v) is 9.79. The molecule has 1 aromatic heterocycles. The predicted octanol–water partition coefficient (Wildman–Crippen LogP) is 5.51. The fourth-order valence-electron chi connectivity index (χ4n) is 5.26. The van der Waals surface area contributed by atoms with Crippen molar-refractivity contribution in [2.45, 2.75) is 45.4 Å². The molecule has 3 aliphatic rings. The van der Waals surface area contributed by atoms with E-state index in [9.17, 15) is 0 Å². The van der Waals surface area contributed by atoms with Crippen LogP contribution in [0.5, 0.6) is 0 Å². The van der Waals surface area contributed by atoms with Gasteiger partial charge in [0, 0.05) is 5.56 Å². The molecule has 0 fully saturated rings. The van der Waals surface area contributed by atoms with Crippen molar-refractivity contribution in [3.8, 4) is 22.8 Å². The first-order chi connectivity index (χ1) is 18.2. The molecule has 0 atom stereocenters. The van der Waals surface area contributed by atoms with Crippen molar-refractivity contribution in [3.63, 3.8) is 0 Å². The van der Waals surface area contributed by atoms with E-state index in [-0.39, 0.29) is 20.1 Å². The fourth-order valence-corrected chi connectivity index (χ4v) is 5.26. The Kier molecular flexibility index (Phi) is 7.96. The minimum atomic E-state index is 0. The van der Waals surface area contributed by atoms with E-state index in [1.165, 1.54) is 40.7 Å². The summed E-state index contributed by atoms with van der Waals surface area (Å²) in [4.78, 5) is 4.05. The Morgan fingerprint density at radius 3 is 2.24 bits per heavy atom. The number of fused-ring (bicyclic) bond motifs is 2. The van der Waals surface area contributed by atoms with Crippen molar-refractivity contribution in [2.24, 2.45) is 0 Å². The molecule has 3 aromatic carbocycles. The van der Waals surface area contributed by atoms with E-state index in [0.717, 1.165) is 42.5 Å². The van der Waals surface area contributed by atoms with Crippen molar-refractivity contribution in [1.29, 1.82) is 0 Å². The molecule has 0 spiro atoms. The molecule has 0 bridgehead atoms. The number of rotatable bonds is 3. The summed E-state index contributed by atoms with van der Waals surface area (Å²) in [6.07, 6.45) is 10.9. The molecule has 4 aromatic rings. The first-order valence-corrected chi connectivity index (χ1v) is 12.9. The molecule has 38 heavy (non-hydrogen) atoms. The van der Waals surface area contributed by atoms with Gasteiger partial charge in [-0.25, -0.2) is 0 Å². The SMILES string of the molecule is Cc1c[c-]c(N2C=CN(C)[CH-]2)cc1.[Ir+3].[c-]1ccc2c(c1-c1nnc(-c3cccc4c3CCC4)nn1)CCC2. The fraction of sp³-hybridized carbons (Fsp3) is 0.258. The number of hydrogen-bond donors (Lipinski definition) is 0. The third kappa shape index (κ3) is 5.40. The topological polar surface area (TPSA) is 58.0 Å². The minimum Gasteiger partial charge on any atom is -0.510 e. The van der Waals surface area contributed by atoms with Gasteiger partial charge in [0.05, 0.1) is 0 Å². The summed E-state index contributed by atoms with van der Waals surface area (Å²) in [5.41, 5.74) is 9.84. The van der Waals surface area contributed by atoms with Gasteiger partial charge < -0.3 is 9.80 Å². The molecule has 7 heteroatoms. The molecule has 1 aliphatic heterocycles. The Morgan fingerprint density at radius 2 is 1.53 bits per heavy atom. The van der Waals surface area contributed by atoms with E-state index in [0.29, 0.717) is 11.6 Å². The number of hydrogen-bond acceptors (Lipinski definition) is 6. The minimum absolute atomic E-state index is 0. The number of aromatic nitrogens is 4. The van der Waals surface area contributed by atoms with Crippen LogP contribution in [-0.2, 0) is 45.8 Å². The summed E-state index contributed by atoms with van der Waals surface area (Å²) in [5, 5.41) is 17.5. The second kappa shape index (κ2) is 11.5. The maximum atomic E-state index is 4.38. The summed E-state index contributed by atoms with van der Waals surface area (Å²) in [6.45, 7) is 4.08. The zero-order valence-electron chi connectivity index (χ0n) is 21.6. The van der Waals surface area contributed by atoms with Gasteiger partial charge in [0.1, 0.15) is 5.82 Å². The van der Waals surface area contributed by atoms with Gasteiger partial charge >= 0.3 is 20.1 Å². The predicted molar refractivity (Wildman–Crippen MR) is 145 cm³/mol. The molecule has 192 valence electrons. The summed E-state index contributed by atoms with van der Waals surface area (Å²) in [6, 6.07) is 23.1. The molecular formula is C31H29IrN6. The Bertz CT molecular complexity index is 1360. The normalized spacial score (nSPS) is 15.0. The molecule has 2 heterocycles. The first-order valence-electron chi connectivity index (χ1n) is 12.9. The number of anilines is 1. The van der Waals surface area contributed by atoms with Crippen LogP contribution in [0.1, 0.15) is 40.7 Å². The van der Waals surface area contributed by atoms with E-state index >= 15 is 0 Å². The van der Waals surface area contributed by atoms with E-state index in [2.05, 4.69) is 75.8 Å². The smallest absolute Gasteiger partial charge is 0.510 e. The van der Waals surface area contributed by atoms with Crippen LogP contribution in [0.15, 0.2) is 60.9 Å². The number of nitrogens with zero attached hydrogens (tertiary/aromatic N) is 6. The van der Waals surface area contributed by atoms with Crippen molar-refractivity contribution in [2.75, 3.05) is 11.9 Å². The van der Waals surface area contributed by atoms with Crippen LogP contribution in [0, 0.1) is 25.7 Å². The van der Waals surface area contributed by atoms with Gasteiger partial charge in [0.15, 0.2) is 0 Å². The molecule has 6 nitrogen and oxygen atoms in total. The zero-order valence-corrected chi connectivity index (χ0v) is 24.0. The van der Waals surface area contributed by atoms with Crippen molar-refractivity contribution < 1.29 is 20.1 Å². The van der Waals surface area contributed by atoms with Crippen LogP contribution >= 0.6 is 0 Å². The third-order valence-corrected chi connectivity index (χ3v) is 7.16. The van der Waals surface area contributed by atoms with E-state index in [1.54, 1.807) is 0 Å². The number of benzene rings is 3. The summed E-state index contributed by atoms with van der Waals surface area (Å²) in [5.74, 6) is 1.22. The number of aryl methyl sites for hydroxylation is 3. The van der Waals surface area contributed by atoms with Gasteiger partial charge in [-0.15, -0.1) is 51.3 Å². The monoisotopic (exact) mass is 678 g/mol. The van der Waals surface area contributed by atoms with Gasteiger partial charge in [-0.2, -0.15) is 40.6 Å². The summed E-state index contributed by atoms with van der Waals surface area (Å²) < 4.78 is 0. The van der Waals surface area contributed by atoms with Gasteiger partial charge in [-0.1, -0.05) is 43.5 Å². The van der Waals surface area contributed by atoms with Crippen LogP contribution in [0.4, 0.5) is 5.69 Å². The Hall–Kier alpha value is -3.41. The van der Waals surface area contributed by atoms with E-state index < -0.39 is 0 Å². The molecule has 0 radical (unpaired) electrons. The molecule has 0 N–H and O–H groups in total. The van der Waals surface area contributed by atoms with Crippen LogP contribution in [0.3, 0.4) is 0 Å². The standard InChI is InChI=1S/C20H17N4.C11H12N2.Ir/c1-5-13-7-3-11-17(15(13)9-1)19-21-23-20(24-22-19)18-12-4-8-14-6-2-10-16(14)18;1-10-3-5-11(6-4-10)13-8-7-12(2)9-13;/h3-4,7-8,11H,1-2,5-6,9-10H2;3-5,7-9H,1-2H3;/q-1;-2;+3. The molecule has 2 aliphatic carbocycles. The van der Waals surface area contributed by atoms with E-state index in [1.807, 2.05) is 48.0 Å². The van der Waals surface area contributed by atoms with Crippen molar-refractivity contribution >= 4 is 5.69 Å². The van der Waals surface area contributed by atoms with Gasteiger partial charge in [-0.3, -0.25) is 0 Å². The van der Waals surface area contributed by atoms with Crippen LogP contribution < -0.4 is 4.90 Å². The van der Waals surface area contributed by atoms with Gasteiger partial charge in [-0.05, 0) is 56.3 Å². The van der Waals surface area contributed by atoms with Crippen LogP contribution in [0.25, 0.3) is 22.8 Å². The van der Waals surface area contributed by atoms with Crippen molar-refractivity contribution in [3.05, 3.63) is 108 Å². The summed E-state index contributed by atoms with van der Waals surface area (Å²) in [7, 11) is 2.00. The largest absolute Gasteiger partial charge is 3.00 e. The maximum absolute atomic E-state index is 4.38. The molecule has 0 amide bonds. The third-order valence-electron chi connectivity index (χ3n) is 7.16. The molecule has 7 rings (SSSR count). The second-order valence-electron chi connectivity index (χ2n) is 9.79.